The summed E-state index contributed by atoms with van der Waals surface area (Å²) in [7, 11) is 0. The van der Waals surface area contributed by atoms with E-state index < -0.39 is 0 Å². The van der Waals surface area contributed by atoms with Gasteiger partial charge in [-0.05, 0) is 30.9 Å². The van der Waals surface area contributed by atoms with Crippen LogP contribution in [-0.2, 0) is 0 Å². The Bertz CT molecular complexity index is 517. The molecule has 2 aromatic rings. The van der Waals surface area contributed by atoms with Crippen LogP contribution in [0.15, 0.2) is 18.2 Å². The summed E-state index contributed by atoms with van der Waals surface area (Å²) >= 11 is 7.79. The summed E-state index contributed by atoms with van der Waals surface area (Å²) in [6.07, 6.45) is 5.49. The zero-order valence-corrected chi connectivity index (χ0v) is 11.2. The van der Waals surface area contributed by atoms with Gasteiger partial charge in [-0.2, -0.15) is 0 Å². The minimum atomic E-state index is 0.800. The number of anilines is 1. The Hall–Kier alpha value is -0.800. The lowest BCUT2D eigenvalue weighted by atomic mass is 10.1. The molecule has 0 unspecified atom stereocenters. The normalized spacial score (nSPS) is 16.8. The number of thiazole rings is 1. The molecule has 90 valence electrons. The van der Waals surface area contributed by atoms with E-state index in [0.717, 1.165) is 32.8 Å². The van der Waals surface area contributed by atoms with Gasteiger partial charge in [-0.3, -0.25) is 0 Å². The molecule has 1 N–H and O–H groups in total. The molecule has 1 aliphatic carbocycles. The predicted molar refractivity (Wildman–Crippen MR) is 75.1 cm³/mol. The van der Waals surface area contributed by atoms with Crippen LogP contribution in [0.4, 0.5) is 5.13 Å². The first-order valence-corrected chi connectivity index (χ1v) is 7.31. The molecule has 0 atom stereocenters. The van der Waals surface area contributed by atoms with E-state index in [4.69, 9.17) is 11.6 Å². The molecule has 1 fully saturated rings. The second-order valence-corrected chi connectivity index (χ2v) is 6.04. The monoisotopic (exact) mass is 266 g/mol. The van der Waals surface area contributed by atoms with Crippen molar-refractivity contribution in [3.63, 3.8) is 0 Å². The lowest BCUT2D eigenvalue weighted by molar-refractivity contribution is 0.580. The summed E-state index contributed by atoms with van der Waals surface area (Å²) in [6, 6.07) is 5.88. The molecule has 0 amide bonds. The Kier molecular flexibility index (Phi) is 3.21. The molecular weight excluding hydrogens is 252 g/mol. The third kappa shape index (κ3) is 2.40. The number of nitrogens with one attached hydrogen (secondary N) is 1. The van der Waals surface area contributed by atoms with Gasteiger partial charge in [-0.15, -0.1) is 0 Å². The SMILES string of the molecule is Clc1cccc2nc(NCC3CCCC3)sc12. The van der Waals surface area contributed by atoms with Crippen molar-refractivity contribution in [1.82, 2.24) is 4.98 Å². The first-order chi connectivity index (χ1) is 8.33. The summed E-state index contributed by atoms with van der Waals surface area (Å²) < 4.78 is 1.09. The number of hydrogen-bond acceptors (Lipinski definition) is 3. The van der Waals surface area contributed by atoms with Crippen molar-refractivity contribution in [2.75, 3.05) is 11.9 Å². The summed E-state index contributed by atoms with van der Waals surface area (Å²) in [6.45, 7) is 1.05. The van der Waals surface area contributed by atoms with Gasteiger partial charge in [0, 0.05) is 6.54 Å². The quantitative estimate of drug-likeness (QED) is 0.881. The third-order valence-electron chi connectivity index (χ3n) is 3.38. The van der Waals surface area contributed by atoms with Crippen molar-refractivity contribution in [3.8, 4) is 0 Å². The average Bonchev–Trinajstić information content (AvgIpc) is 2.95. The molecule has 1 heterocycles. The van der Waals surface area contributed by atoms with Gasteiger partial charge in [0.2, 0.25) is 0 Å². The van der Waals surface area contributed by atoms with Crippen LogP contribution >= 0.6 is 22.9 Å². The molecule has 0 aliphatic heterocycles. The van der Waals surface area contributed by atoms with Crippen molar-refractivity contribution in [2.24, 2.45) is 5.92 Å². The summed E-state index contributed by atoms with van der Waals surface area (Å²) in [4.78, 5) is 4.56. The Morgan fingerprint density at radius 1 is 1.35 bits per heavy atom. The van der Waals surface area contributed by atoms with E-state index in [1.165, 1.54) is 25.7 Å². The Balaban J connectivity index is 1.74. The van der Waals surface area contributed by atoms with Crippen LogP contribution in [0, 0.1) is 5.92 Å². The summed E-state index contributed by atoms with van der Waals surface area (Å²) in [5.41, 5.74) is 0.997. The number of fused-ring (bicyclic) bond motifs is 1. The lowest BCUT2D eigenvalue weighted by Crippen LogP contribution is -2.10. The van der Waals surface area contributed by atoms with E-state index in [2.05, 4.69) is 10.3 Å². The zero-order chi connectivity index (χ0) is 11.7. The number of rotatable bonds is 3. The summed E-state index contributed by atoms with van der Waals surface area (Å²) in [5.74, 6) is 0.831. The number of benzene rings is 1. The van der Waals surface area contributed by atoms with Gasteiger partial charge >= 0.3 is 0 Å². The highest BCUT2D eigenvalue weighted by Gasteiger charge is 2.15. The highest BCUT2D eigenvalue weighted by Crippen LogP contribution is 2.32. The number of nitrogens with zero attached hydrogens (tertiary/aromatic N) is 1. The topological polar surface area (TPSA) is 24.9 Å². The maximum absolute atomic E-state index is 6.14. The van der Waals surface area contributed by atoms with Crippen LogP contribution in [0.1, 0.15) is 25.7 Å². The fourth-order valence-electron chi connectivity index (χ4n) is 2.44. The van der Waals surface area contributed by atoms with Gasteiger partial charge in [0.1, 0.15) is 0 Å². The van der Waals surface area contributed by atoms with Gasteiger partial charge in [0.15, 0.2) is 5.13 Å². The standard InChI is InChI=1S/C13H15ClN2S/c14-10-6-3-7-11-12(10)17-13(16-11)15-8-9-4-1-2-5-9/h3,6-7,9H,1-2,4-5,8H2,(H,15,16). The molecule has 4 heteroatoms. The molecule has 0 radical (unpaired) electrons. The summed E-state index contributed by atoms with van der Waals surface area (Å²) in [5, 5.41) is 5.25. The Morgan fingerprint density at radius 2 is 2.18 bits per heavy atom. The van der Waals surface area contributed by atoms with Gasteiger partial charge in [0.25, 0.3) is 0 Å². The van der Waals surface area contributed by atoms with Gasteiger partial charge < -0.3 is 5.32 Å². The fourth-order valence-corrected chi connectivity index (χ4v) is 3.60. The highest BCUT2D eigenvalue weighted by molar-refractivity contribution is 7.22. The van der Waals surface area contributed by atoms with Crippen LogP contribution in [0.3, 0.4) is 0 Å². The molecule has 0 spiro atoms. The second kappa shape index (κ2) is 4.83. The van der Waals surface area contributed by atoms with Crippen LogP contribution in [0.2, 0.25) is 5.02 Å². The van der Waals surface area contributed by atoms with E-state index in [-0.39, 0.29) is 0 Å². The maximum Gasteiger partial charge on any atom is 0.183 e. The van der Waals surface area contributed by atoms with Gasteiger partial charge in [-0.25, -0.2) is 4.98 Å². The third-order valence-corrected chi connectivity index (χ3v) is 4.87. The zero-order valence-electron chi connectivity index (χ0n) is 9.58. The predicted octanol–water partition coefficient (Wildman–Crippen LogP) is 4.55. The molecule has 0 saturated heterocycles. The van der Waals surface area contributed by atoms with Crippen LogP contribution < -0.4 is 5.32 Å². The lowest BCUT2D eigenvalue weighted by Gasteiger charge is -2.08. The van der Waals surface area contributed by atoms with Gasteiger partial charge in [0.05, 0.1) is 15.2 Å². The smallest absolute Gasteiger partial charge is 0.183 e. The van der Waals surface area contributed by atoms with Crippen LogP contribution in [-0.4, -0.2) is 11.5 Å². The molecule has 1 saturated carbocycles. The first kappa shape index (κ1) is 11.3. The van der Waals surface area contributed by atoms with Crippen molar-refractivity contribution in [1.29, 1.82) is 0 Å². The average molecular weight is 267 g/mol. The Morgan fingerprint density at radius 3 is 2.94 bits per heavy atom. The molecule has 1 aromatic heterocycles. The molecule has 1 aliphatic rings. The van der Waals surface area contributed by atoms with E-state index in [1.807, 2.05) is 18.2 Å². The van der Waals surface area contributed by atoms with E-state index >= 15 is 0 Å². The minimum absolute atomic E-state index is 0.800. The van der Waals surface area contributed by atoms with Crippen molar-refractivity contribution in [3.05, 3.63) is 23.2 Å². The van der Waals surface area contributed by atoms with E-state index in [1.54, 1.807) is 11.3 Å². The molecule has 2 nitrogen and oxygen atoms in total. The second-order valence-electron chi connectivity index (χ2n) is 4.64. The van der Waals surface area contributed by atoms with E-state index in [0.29, 0.717) is 0 Å². The molecule has 1 aromatic carbocycles. The molecular formula is C13H15ClN2S. The van der Waals surface area contributed by atoms with Crippen molar-refractivity contribution in [2.45, 2.75) is 25.7 Å². The molecule has 3 rings (SSSR count). The van der Waals surface area contributed by atoms with Crippen LogP contribution in [0.5, 0.6) is 0 Å². The fraction of sp³-hybridized carbons (Fsp3) is 0.462. The van der Waals surface area contributed by atoms with Crippen LogP contribution in [0.25, 0.3) is 10.2 Å². The van der Waals surface area contributed by atoms with Crippen molar-refractivity contribution < 1.29 is 0 Å². The van der Waals surface area contributed by atoms with E-state index in [9.17, 15) is 0 Å². The molecule has 17 heavy (non-hydrogen) atoms. The van der Waals surface area contributed by atoms with Gasteiger partial charge in [-0.1, -0.05) is 41.8 Å². The minimum Gasteiger partial charge on any atom is -0.361 e. The first-order valence-electron chi connectivity index (χ1n) is 6.12. The largest absolute Gasteiger partial charge is 0.361 e. The highest BCUT2D eigenvalue weighted by atomic mass is 35.5. The number of aromatic nitrogens is 1. The number of hydrogen-bond donors (Lipinski definition) is 1. The molecule has 0 bridgehead atoms. The number of halogens is 1. The Labute approximate surface area is 110 Å². The maximum atomic E-state index is 6.14. The van der Waals surface area contributed by atoms with Crippen molar-refractivity contribution >= 4 is 38.3 Å².